The zero-order valence-electron chi connectivity index (χ0n) is 28.1. The summed E-state index contributed by atoms with van der Waals surface area (Å²) in [4.78, 5) is 0. The van der Waals surface area contributed by atoms with Crippen LogP contribution >= 0.6 is 0 Å². The fourth-order valence-corrected chi connectivity index (χ4v) is 6.71. The summed E-state index contributed by atoms with van der Waals surface area (Å²) in [6.45, 7) is 24.9. The van der Waals surface area contributed by atoms with Crippen LogP contribution in [0.25, 0.3) is 66.1 Å². The number of hydrogen-bond acceptors (Lipinski definition) is 0. The van der Waals surface area contributed by atoms with Crippen LogP contribution in [0, 0.1) is 0 Å². The minimum Gasteiger partial charge on any atom is -0.309 e. The summed E-state index contributed by atoms with van der Waals surface area (Å²) in [6, 6.07) is 41.2. The summed E-state index contributed by atoms with van der Waals surface area (Å²) in [5.74, 6) is 0. The lowest BCUT2D eigenvalue weighted by molar-refractivity contribution is 1.18. The summed E-state index contributed by atoms with van der Waals surface area (Å²) in [6.07, 6.45) is 13.1. The molecule has 2 heterocycles. The molecule has 0 aliphatic heterocycles. The van der Waals surface area contributed by atoms with Gasteiger partial charge in [-0.1, -0.05) is 143 Å². The third-order valence-electron chi connectivity index (χ3n) is 9.24. The van der Waals surface area contributed by atoms with Crippen molar-refractivity contribution in [2.75, 3.05) is 0 Å². The van der Waals surface area contributed by atoms with Crippen molar-refractivity contribution in [3.05, 3.63) is 220 Å². The van der Waals surface area contributed by atoms with Gasteiger partial charge in [0.05, 0.1) is 27.8 Å². The minimum atomic E-state index is 0.769. The summed E-state index contributed by atoms with van der Waals surface area (Å²) in [7, 11) is 0. The largest absolute Gasteiger partial charge is 0.309 e. The van der Waals surface area contributed by atoms with Gasteiger partial charge in [0.15, 0.2) is 0 Å². The van der Waals surface area contributed by atoms with Crippen LogP contribution in [0.2, 0.25) is 0 Å². The number of allylic oxidation sites excluding steroid dienone is 12. The molecule has 0 amide bonds. The van der Waals surface area contributed by atoms with Crippen molar-refractivity contribution in [2.45, 2.75) is 0 Å². The summed E-state index contributed by atoms with van der Waals surface area (Å²) in [5.41, 5.74) is 12.1. The van der Waals surface area contributed by atoms with E-state index in [1.807, 2.05) is 30.4 Å². The first-order valence-corrected chi connectivity index (χ1v) is 16.6. The third kappa shape index (κ3) is 5.63. The molecule has 0 unspecified atom stereocenters. The van der Waals surface area contributed by atoms with Crippen LogP contribution in [-0.2, 0) is 0 Å². The molecular formula is C48H38N2. The van der Waals surface area contributed by atoms with Crippen molar-refractivity contribution >= 4 is 49.3 Å². The lowest BCUT2D eigenvalue weighted by atomic mass is 10.0. The molecule has 7 rings (SSSR count). The molecule has 0 fully saturated rings. The fourth-order valence-electron chi connectivity index (χ4n) is 6.71. The van der Waals surface area contributed by atoms with E-state index in [9.17, 15) is 0 Å². The van der Waals surface area contributed by atoms with Crippen molar-refractivity contribution in [3.8, 4) is 16.8 Å². The van der Waals surface area contributed by atoms with Gasteiger partial charge < -0.3 is 9.13 Å². The van der Waals surface area contributed by atoms with Gasteiger partial charge in [-0.05, 0) is 88.0 Å². The Hall–Kier alpha value is -6.64. The number of rotatable bonds is 11. The maximum Gasteiger partial charge on any atom is 0.0541 e. The van der Waals surface area contributed by atoms with E-state index in [4.69, 9.17) is 0 Å². The molecule has 0 aliphatic rings. The predicted octanol–water partition coefficient (Wildman–Crippen LogP) is 13.1. The van der Waals surface area contributed by atoms with Crippen LogP contribution in [0.3, 0.4) is 0 Å². The molecule has 5 aromatic carbocycles. The third-order valence-corrected chi connectivity index (χ3v) is 9.24. The van der Waals surface area contributed by atoms with Crippen molar-refractivity contribution < 1.29 is 0 Å². The Morgan fingerprint density at radius 2 is 1.00 bits per heavy atom. The van der Waals surface area contributed by atoms with E-state index < -0.39 is 0 Å². The molecule has 2 heteroatoms. The Morgan fingerprint density at radius 3 is 1.68 bits per heavy atom. The summed E-state index contributed by atoms with van der Waals surface area (Å²) >= 11 is 0. The second-order valence-corrected chi connectivity index (χ2v) is 12.3. The van der Waals surface area contributed by atoms with Gasteiger partial charge in [0, 0.05) is 27.2 Å². The van der Waals surface area contributed by atoms with Crippen molar-refractivity contribution in [1.29, 1.82) is 0 Å². The molecule has 0 N–H and O–H groups in total. The highest BCUT2D eigenvalue weighted by atomic mass is 15.0. The van der Waals surface area contributed by atoms with Crippen LogP contribution in [0.4, 0.5) is 0 Å². The van der Waals surface area contributed by atoms with Gasteiger partial charge in [0.1, 0.15) is 0 Å². The van der Waals surface area contributed by atoms with Gasteiger partial charge in [-0.3, -0.25) is 0 Å². The van der Waals surface area contributed by atoms with E-state index in [2.05, 4.69) is 164 Å². The quantitative estimate of drug-likeness (QED) is 0.124. The Labute approximate surface area is 293 Å². The average Bonchev–Trinajstić information content (AvgIpc) is 3.67. The topological polar surface area (TPSA) is 9.86 Å². The summed E-state index contributed by atoms with van der Waals surface area (Å²) in [5, 5.41) is 4.78. The number of benzene rings is 5. The van der Waals surface area contributed by atoms with Gasteiger partial charge in [0.25, 0.3) is 0 Å². The van der Waals surface area contributed by atoms with Gasteiger partial charge in [0.2, 0.25) is 0 Å². The van der Waals surface area contributed by atoms with Crippen LogP contribution < -0.4 is 0 Å². The number of para-hydroxylation sites is 3. The van der Waals surface area contributed by atoms with Gasteiger partial charge in [-0.25, -0.2) is 0 Å². The second kappa shape index (κ2) is 13.5. The highest BCUT2D eigenvalue weighted by molar-refractivity contribution is 6.13. The highest BCUT2D eigenvalue weighted by Crippen LogP contribution is 2.39. The fraction of sp³-hybridized carbons (Fsp3) is 0. The molecule has 2 nitrogen and oxygen atoms in total. The zero-order valence-corrected chi connectivity index (χ0v) is 28.1. The molecule has 0 spiro atoms. The van der Waals surface area contributed by atoms with Crippen LogP contribution in [0.15, 0.2) is 220 Å². The zero-order chi connectivity index (χ0) is 34.8. The molecule has 0 aliphatic carbocycles. The first kappa shape index (κ1) is 31.9. The molecule has 0 atom stereocenters. The van der Waals surface area contributed by atoms with Crippen LogP contribution in [-0.4, -0.2) is 9.13 Å². The Kier molecular flexibility index (Phi) is 8.60. The molecule has 2 aromatic heterocycles. The monoisotopic (exact) mass is 642 g/mol. The van der Waals surface area contributed by atoms with E-state index in [1.54, 1.807) is 12.2 Å². The lowest BCUT2D eigenvalue weighted by Crippen LogP contribution is -2.01. The number of aromatic nitrogens is 2. The summed E-state index contributed by atoms with van der Waals surface area (Å²) < 4.78 is 4.61. The number of nitrogens with zero attached hydrogens (tertiary/aromatic N) is 2. The Bertz CT molecular complexity index is 2630. The SMILES string of the molecule is C=C/C=C\C(=C)C(=C)/C=C\C(=C)C(=C)/C(=C\C=C)n1c2ccccc2c2cc(-c3ccc4c(c3)c3ccccc3n4-c3ccccc3)ccc21. The normalized spacial score (nSPS) is 12.0. The maximum atomic E-state index is 4.49. The molecule has 0 bridgehead atoms. The van der Waals surface area contributed by atoms with Crippen LogP contribution in [0.1, 0.15) is 0 Å². The lowest BCUT2D eigenvalue weighted by Gasteiger charge is -2.16. The molecular weight excluding hydrogens is 605 g/mol. The number of hydrogen-bond donors (Lipinski definition) is 0. The first-order chi connectivity index (χ1) is 24.4. The molecule has 50 heavy (non-hydrogen) atoms. The molecule has 240 valence electrons. The first-order valence-electron chi connectivity index (χ1n) is 16.6. The maximum absolute atomic E-state index is 4.49. The predicted molar refractivity (Wildman–Crippen MR) is 219 cm³/mol. The smallest absolute Gasteiger partial charge is 0.0541 e. The Morgan fingerprint density at radius 1 is 0.480 bits per heavy atom. The average molecular weight is 643 g/mol. The van der Waals surface area contributed by atoms with Gasteiger partial charge in [-0.2, -0.15) is 0 Å². The molecule has 0 saturated carbocycles. The standard InChI is InChI=1S/C48H38N2/c1-7-9-18-33(3)34(4)25-26-35(5)36(6)44(17-8-2)50-46-24-16-14-22-41(46)43-32-38(28-30-48(43)50)37-27-29-47-42(31-37)40-21-13-15-23-45(40)49(47)39-19-11-10-12-20-39/h7-32H,1-6H2/b18-9-,26-25-,44-17+. The Balaban J connectivity index is 1.32. The highest BCUT2D eigenvalue weighted by Gasteiger charge is 2.18. The van der Waals surface area contributed by atoms with E-state index in [0.717, 1.165) is 61.0 Å². The molecule has 7 aromatic rings. The minimum absolute atomic E-state index is 0.769. The van der Waals surface area contributed by atoms with E-state index in [-0.39, 0.29) is 0 Å². The van der Waals surface area contributed by atoms with E-state index in [1.165, 1.54) is 27.4 Å². The second-order valence-electron chi connectivity index (χ2n) is 12.3. The van der Waals surface area contributed by atoms with Gasteiger partial charge in [-0.15, -0.1) is 0 Å². The molecule has 0 radical (unpaired) electrons. The van der Waals surface area contributed by atoms with E-state index in [0.29, 0.717) is 0 Å². The van der Waals surface area contributed by atoms with Crippen molar-refractivity contribution in [2.24, 2.45) is 0 Å². The van der Waals surface area contributed by atoms with Crippen molar-refractivity contribution in [1.82, 2.24) is 9.13 Å². The molecule has 0 saturated heterocycles. The van der Waals surface area contributed by atoms with E-state index >= 15 is 0 Å². The van der Waals surface area contributed by atoms with Gasteiger partial charge >= 0.3 is 0 Å². The van der Waals surface area contributed by atoms with Crippen molar-refractivity contribution in [3.63, 3.8) is 0 Å². The number of fused-ring (bicyclic) bond motifs is 6. The van der Waals surface area contributed by atoms with Crippen LogP contribution in [0.5, 0.6) is 0 Å².